The van der Waals surface area contributed by atoms with E-state index in [0.29, 0.717) is 11.1 Å². The van der Waals surface area contributed by atoms with Gasteiger partial charge in [-0.1, -0.05) is 34.1 Å². The predicted octanol–water partition coefficient (Wildman–Crippen LogP) is 3.64. The molecule has 6 heteroatoms. The quantitative estimate of drug-likeness (QED) is 0.867. The number of para-hydroxylation sites is 1. The summed E-state index contributed by atoms with van der Waals surface area (Å²) in [5.41, 5.74) is 1.05. The number of carbonyl (C=O) groups is 1. The van der Waals surface area contributed by atoms with Crippen molar-refractivity contribution in [2.75, 3.05) is 7.05 Å². The summed E-state index contributed by atoms with van der Waals surface area (Å²) in [6.07, 6.45) is 0. The molecular formula is C16H16BrFN2O2. The van der Waals surface area contributed by atoms with Crippen molar-refractivity contribution in [3.63, 3.8) is 0 Å². The second kappa shape index (κ2) is 7.26. The molecule has 4 nitrogen and oxygen atoms in total. The topological polar surface area (TPSA) is 52.6 Å². The zero-order chi connectivity index (χ0) is 16.1. The second-order valence-electron chi connectivity index (χ2n) is 4.88. The van der Waals surface area contributed by atoms with E-state index in [4.69, 9.17) is 0 Å². The van der Waals surface area contributed by atoms with Gasteiger partial charge in [-0.3, -0.25) is 0 Å². The Morgan fingerprint density at radius 3 is 2.73 bits per heavy atom. The number of hydrogen-bond donors (Lipinski definition) is 2. The summed E-state index contributed by atoms with van der Waals surface area (Å²) in [5.74, 6) is -0.230. The smallest absolute Gasteiger partial charge is 0.317 e. The number of hydrogen-bond acceptors (Lipinski definition) is 2. The van der Waals surface area contributed by atoms with Crippen LogP contribution in [-0.4, -0.2) is 23.1 Å². The first-order valence-corrected chi connectivity index (χ1v) is 7.46. The third-order valence-electron chi connectivity index (χ3n) is 3.18. The number of aromatic hydroxyl groups is 1. The molecule has 0 saturated heterocycles. The van der Waals surface area contributed by atoms with Crippen molar-refractivity contribution in [2.45, 2.75) is 13.1 Å². The average molecular weight is 367 g/mol. The van der Waals surface area contributed by atoms with Crippen LogP contribution in [0.1, 0.15) is 11.1 Å². The summed E-state index contributed by atoms with van der Waals surface area (Å²) in [6.45, 7) is 0.356. The number of nitrogens with one attached hydrogen (secondary N) is 1. The lowest BCUT2D eigenvalue weighted by Gasteiger charge is -2.18. The summed E-state index contributed by atoms with van der Waals surface area (Å²) in [4.78, 5) is 13.4. The summed E-state index contributed by atoms with van der Waals surface area (Å²) in [6, 6.07) is 11.0. The Labute approximate surface area is 136 Å². The van der Waals surface area contributed by atoms with Gasteiger partial charge in [0.15, 0.2) is 0 Å². The van der Waals surface area contributed by atoms with E-state index in [2.05, 4.69) is 21.2 Å². The standard InChI is InChI=1S/C16H16BrFN2O2/c1-20(10-11-4-2-3-5-15(11)21)16(22)19-9-12-8-13(17)6-7-14(12)18/h2-8,21H,9-10H2,1H3,(H,19,22). The van der Waals surface area contributed by atoms with Crippen molar-refractivity contribution in [2.24, 2.45) is 0 Å². The molecule has 0 aliphatic carbocycles. The molecule has 0 aliphatic rings. The van der Waals surface area contributed by atoms with Crippen LogP contribution >= 0.6 is 15.9 Å². The van der Waals surface area contributed by atoms with E-state index in [1.165, 1.54) is 11.0 Å². The Kier molecular flexibility index (Phi) is 5.38. The van der Waals surface area contributed by atoms with Gasteiger partial charge in [-0.05, 0) is 24.3 Å². The molecule has 2 aromatic rings. The van der Waals surface area contributed by atoms with E-state index >= 15 is 0 Å². The molecule has 0 radical (unpaired) electrons. The molecule has 2 amide bonds. The first kappa shape index (κ1) is 16.3. The van der Waals surface area contributed by atoms with Gasteiger partial charge in [0.2, 0.25) is 0 Å². The minimum absolute atomic E-state index is 0.0925. The molecule has 0 unspecified atom stereocenters. The molecule has 0 aliphatic heterocycles. The zero-order valence-electron chi connectivity index (χ0n) is 12.0. The van der Waals surface area contributed by atoms with Gasteiger partial charge in [0, 0.05) is 29.2 Å². The highest BCUT2D eigenvalue weighted by atomic mass is 79.9. The number of carbonyl (C=O) groups excluding carboxylic acids is 1. The Hall–Kier alpha value is -2.08. The lowest BCUT2D eigenvalue weighted by Crippen LogP contribution is -2.36. The van der Waals surface area contributed by atoms with E-state index in [1.54, 1.807) is 43.4 Å². The highest BCUT2D eigenvalue weighted by molar-refractivity contribution is 9.10. The minimum atomic E-state index is -0.369. The monoisotopic (exact) mass is 366 g/mol. The molecule has 116 valence electrons. The Morgan fingerprint density at radius 1 is 1.27 bits per heavy atom. The molecule has 0 saturated carbocycles. The maximum absolute atomic E-state index is 13.6. The minimum Gasteiger partial charge on any atom is -0.508 e. The van der Waals surface area contributed by atoms with Crippen molar-refractivity contribution in [1.29, 1.82) is 0 Å². The lowest BCUT2D eigenvalue weighted by atomic mass is 10.2. The highest BCUT2D eigenvalue weighted by Gasteiger charge is 2.12. The van der Waals surface area contributed by atoms with Crippen LogP contribution < -0.4 is 5.32 Å². The van der Waals surface area contributed by atoms with Crippen molar-refractivity contribution >= 4 is 22.0 Å². The van der Waals surface area contributed by atoms with Crippen LogP contribution in [0.15, 0.2) is 46.9 Å². The summed E-state index contributed by atoms with van der Waals surface area (Å²) in [5, 5.41) is 12.4. The first-order chi connectivity index (χ1) is 10.5. The number of phenols is 1. The average Bonchev–Trinajstić information content (AvgIpc) is 2.50. The van der Waals surface area contributed by atoms with Gasteiger partial charge in [-0.25, -0.2) is 9.18 Å². The fourth-order valence-corrected chi connectivity index (χ4v) is 2.36. The summed E-state index contributed by atoms with van der Waals surface area (Å²) < 4.78 is 14.4. The normalized spacial score (nSPS) is 10.3. The molecule has 0 atom stereocenters. The largest absolute Gasteiger partial charge is 0.508 e. The Balaban J connectivity index is 1.94. The maximum Gasteiger partial charge on any atom is 0.317 e. The number of amides is 2. The summed E-state index contributed by atoms with van der Waals surface area (Å²) >= 11 is 3.27. The lowest BCUT2D eigenvalue weighted by molar-refractivity contribution is 0.206. The van der Waals surface area contributed by atoms with Crippen molar-refractivity contribution in [1.82, 2.24) is 10.2 Å². The van der Waals surface area contributed by atoms with E-state index < -0.39 is 0 Å². The number of phenolic OH excluding ortho intramolecular Hbond substituents is 1. The van der Waals surface area contributed by atoms with E-state index in [9.17, 15) is 14.3 Å². The molecule has 2 aromatic carbocycles. The van der Waals surface area contributed by atoms with Crippen molar-refractivity contribution in [3.8, 4) is 5.75 Å². The maximum atomic E-state index is 13.6. The molecule has 0 fully saturated rings. The van der Waals surface area contributed by atoms with Crippen molar-refractivity contribution < 1.29 is 14.3 Å². The van der Waals surface area contributed by atoms with Gasteiger partial charge >= 0.3 is 6.03 Å². The van der Waals surface area contributed by atoms with Crippen LogP contribution in [0.25, 0.3) is 0 Å². The van der Waals surface area contributed by atoms with Crippen LogP contribution in [0.5, 0.6) is 5.75 Å². The van der Waals surface area contributed by atoms with Crippen molar-refractivity contribution in [3.05, 3.63) is 63.9 Å². The van der Waals surface area contributed by atoms with Crippen LogP contribution in [-0.2, 0) is 13.1 Å². The number of urea groups is 1. The van der Waals surface area contributed by atoms with Gasteiger partial charge in [-0.2, -0.15) is 0 Å². The van der Waals surface area contributed by atoms with Crippen LogP contribution in [0.4, 0.5) is 9.18 Å². The van der Waals surface area contributed by atoms with Gasteiger partial charge in [0.05, 0.1) is 6.54 Å². The molecule has 22 heavy (non-hydrogen) atoms. The summed E-state index contributed by atoms with van der Waals surface area (Å²) in [7, 11) is 1.61. The number of halogens is 2. The second-order valence-corrected chi connectivity index (χ2v) is 5.79. The zero-order valence-corrected chi connectivity index (χ0v) is 13.6. The number of rotatable bonds is 4. The van der Waals surface area contributed by atoms with E-state index in [-0.39, 0.29) is 30.7 Å². The van der Waals surface area contributed by atoms with Crippen LogP contribution in [0.2, 0.25) is 0 Å². The molecule has 0 spiro atoms. The third-order valence-corrected chi connectivity index (χ3v) is 3.68. The van der Waals surface area contributed by atoms with Gasteiger partial charge in [0.1, 0.15) is 11.6 Å². The Bertz CT molecular complexity index is 679. The molecule has 0 bridgehead atoms. The van der Waals surface area contributed by atoms with Gasteiger partial charge in [-0.15, -0.1) is 0 Å². The van der Waals surface area contributed by atoms with E-state index in [0.717, 1.165) is 4.47 Å². The fourth-order valence-electron chi connectivity index (χ4n) is 1.96. The fraction of sp³-hybridized carbons (Fsp3) is 0.188. The first-order valence-electron chi connectivity index (χ1n) is 6.67. The molecule has 0 aromatic heterocycles. The van der Waals surface area contributed by atoms with Gasteiger partial charge < -0.3 is 15.3 Å². The Morgan fingerprint density at radius 2 is 2.00 bits per heavy atom. The van der Waals surface area contributed by atoms with Crippen LogP contribution in [0.3, 0.4) is 0 Å². The molecule has 0 heterocycles. The molecule has 2 N–H and O–H groups in total. The van der Waals surface area contributed by atoms with Gasteiger partial charge in [0.25, 0.3) is 0 Å². The molecular weight excluding hydrogens is 351 g/mol. The number of nitrogens with zero attached hydrogens (tertiary/aromatic N) is 1. The number of benzene rings is 2. The SMILES string of the molecule is CN(Cc1ccccc1O)C(=O)NCc1cc(Br)ccc1F. The van der Waals surface area contributed by atoms with E-state index in [1.807, 2.05) is 0 Å². The molecule has 2 rings (SSSR count). The third kappa shape index (κ3) is 4.21. The van der Waals surface area contributed by atoms with Crippen LogP contribution in [0, 0.1) is 5.82 Å². The highest BCUT2D eigenvalue weighted by Crippen LogP contribution is 2.18. The predicted molar refractivity (Wildman–Crippen MR) is 85.9 cm³/mol.